The minimum atomic E-state index is -1.32. The Balaban J connectivity index is 1.35. The maximum Gasteiger partial charge on any atom is 0.138 e. The fourth-order valence-corrected chi connectivity index (χ4v) is 13.2. The summed E-state index contributed by atoms with van der Waals surface area (Å²) in [6.07, 6.45) is 6.21. The molecule has 4 N–H and O–H groups in total. The highest BCUT2D eigenvalue weighted by molar-refractivity contribution is 5.85. The summed E-state index contributed by atoms with van der Waals surface area (Å²) in [7, 11) is 0. The predicted octanol–water partition coefficient (Wildman–Crippen LogP) is 5.45. The molecule has 6 aliphatic rings. The third-order valence-corrected chi connectivity index (χ3v) is 15.6. The molecule has 0 spiro atoms. The van der Waals surface area contributed by atoms with Crippen molar-refractivity contribution in [1.82, 2.24) is 0 Å². The predicted molar refractivity (Wildman–Crippen MR) is 162 cm³/mol. The molecular formula is C36H58O6. The molecule has 238 valence electrons. The average Bonchev–Trinajstić information content (AvgIpc) is 3.31. The molecule has 1 saturated heterocycles. The monoisotopic (exact) mass is 586 g/mol. The Morgan fingerprint density at radius 1 is 0.833 bits per heavy atom. The van der Waals surface area contributed by atoms with Gasteiger partial charge in [-0.25, -0.2) is 0 Å². The van der Waals surface area contributed by atoms with Crippen molar-refractivity contribution in [3.63, 3.8) is 0 Å². The normalized spacial score (nSPS) is 55.2. The largest absolute Gasteiger partial charge is 0.394 e. The number of Topliss-reactive ketones (excluding diaryl/α,β-unsaturated/α-hetero) is 1. The summed E-state index contributed by atoms with van der Waals surface area (Å²) >= 11 is 0. The van der Waals surface area contributed by atoms with E-state index in [1.54, 1.807) is 0 Å². The zero-order valence-corrected chi connectivity index (χ0v) is 27.1. The van der Waals surface area contributed by atoms with E-state index in [0.717, 1.165) is 44.9 Å². The Bertz CT molecular complexity index is 1100. The van der Waals surface area contributed by atoms with Gasteiger partial charge in [-0.15, -0.1) is 0 Å². The minimum absolute atomic E-state index is 0.0228. The number of carbonyl (C=O) groups excluding carboxylic acids is 1. The quantitative estimate of drug-likeness (QED) is 0.327. The van der Waals surface area contributed by atoms with Crippen molar-refractivity contribution in [2.24, 2.45) is 56.7 Å². The molecular weight excluding hydrogens is 528 g/mol. The molecule has 0 aromatic carbocycles. The fourth-order valence-electron chi connectivity index (χ4n) is 13.2. The van der Waals surface area contributed by atoms with E-state index >= 15 is 0 Å². The number of aliphatic hydroxyl groups is 4. The number of allylic oxidation sites excluding steroid dienone is 1. The number of hydrogen-bond acceptors (Lipinski definition) is 6. The van der Waals surface area contributed by atoms with Crippen LogP contribution in [0.15, 0.2) is 12.2 Å². The highest BCUT2D eigenvalue weighted by atomic mass is 16.5. The van der Waals surface area contributed by atoms with E-state index in [2.05, 4.69) is 48.1 Å². The number of carbonyl (C=O) groups is 1. The second-order valence-electron chi connectivity index (χ2n) is 17.3. The summed E-state index contributed by atoms with van der Waals surface area (Å²) in [5.41, 5.74) is 1.56. The lowest BCUT2D eigenvalue weighted by atomic mass is 9.32. The van der Waals surface area contributed by atoms with Gasteiger partial charge >= 0.3 is 0 Å². The van der Waals surface area contributed by atoms with Crippen LogP contribution in [0, 0.1) is 56.7 Å². The molecule has 1 aliphatic heterocycles. The lowest BCUT2D eigenvalue weighted by Gasteiger charge is -2.72. The Morgan fingerprint density at radius 3 is 2.19 bits per heavy atom. The van der Waals surface area contributed by atoms with Crippen molar-refractivity contribution in [1.29, 1.82) is 0 Å². The summed E-state index contributed by atoms with van der Waals surface area (Å²) < 4.78 is 6.14. The second kappa shape index (κ2) is 10.1. The van der Waals surface area contributed by atoms with Crippen LogP contribution in [-0.2, 0) is 9.53 Å². The van der Waals surface area contributed by atoms with E-state index in [0.29, 0.717) is 41.8 Å². The third kappa shape index (κ3) is 4.03. The van der Waals surface area contributed by atoms with Gasteiger partial charge in [0.15, 0.2) is 0 Å². The van der Waals surface area contributed by atoms with Crippen LogP contribution in [0.4, 0.5) is 0 Å². The molecule has 6 nitrogen and oxygen atoms in total. The number of ketones is 1. The van der Waals surface area contributed by atoms with Crippen molar-refractivity contribution >= 4 is 5.78 Å². The molecule has 0 amide bonds. The van der Waals surface area contributed by atoms with Gasteiger partial charge in [0.1, 0.15) is 30.2 Å². The van der Waals surface area contributed by atoms with Gasteiger partial charge in [0.2, 0.25) is 0 Å². The molecule has 6 unspecified atom stereocenters. The minimum Gasteiger partial charge on any atom is -0.394 e. The Labute approximate surface area is 253 Å². The summed E-state index contributed by atoms with van der Waals surface area (Å²) in [4.78, 5) is 13.1. The van der Waals surface area contributed by atoms with E-state index in [-0.39, 0.29) is 33.7 Å². The lowest BCUT2D eigenvalue weighted by Crippen LogP contribution is -2.66. The standard InChI is InChI=1S/C36H58O6/c1-20(2)21-10-15-36(18-23-29(39)31(41)30(40)24(19-37)42-23)17-16-34(6)22(28(21)36)8-9-26-33(5)13-12-27(38)32(3,4)25(33)11-14-35(26,34)7/h21-26,28-31,37,39-41H,1,8-19H2,2-7H3/t21-,22?,23-,24?,25?,26?,28?,29?,30+,31+,33-,34+,35+,36+/m0/s1. The Kier molecular flexibility index (Phi) is 7.51. The molecule has 1 heterocycles. The fraction of sp³-hybridized carbons (Fsp3) is 0.917. The molecule has 5 aliphatic carbocycles. The first-order valence-electron chi connectivity index (χ1n) is 17.1. The Hall–Kier alpha value is -0.790. The third-order valence-electron chi connectivity index (χ3n) is 15.6. The van der Waals surface area contributed by atoms with Gasteiger partial charge in [-0.05, 0) is 122 Å². The van der Waals surface area contributed by atoms with Crippen molar-refractivity contribution < 1.29 is 30.0 Å². The summed E-state index contributed by atoms with van der Waals surface area (Å²) in [5.74, 6) is 2.93. The van der Waals surface area contributed by atoms with E-state index in [1.165, 1.54) is 24.8 Å². The van der Waals surface area contributed by atoms with Gasteiger partial charge in [-0.3, -0.25) is 4.79 Å². The molecule has 0 radical (unpaired) electrons. The summed E-state index contributed by atoms with van der Waals surface area (Å²) in [5, 5.41) is 42.0. The van der Waals surface area contributed by atoms with Crippen LogP contribution >= 0.6 is 0 Å². The van der Waals surface area contributed by atoms with E-state index in [4.69, 9.17) is 4.74 Å². The van der Waals surface area contributed by atoms with Crippen molar-refractivity contribution in [2.75, 3.05) is 6.61 Å². The number of aliphatic hydroxyl groups excluding tert-OH is 4. The first kappa shape index (κ1) is 31.2. The average molecular weight is 587 g/mol. The van der Waals surface area contributed by atoms with Crippen LogP contribution in [0.25, 0.3) is 0 Å². The van der Waals surface area contributed by atoms with Gasteiger partial charge in [-0.1, -0.05) is 46.8 Å². The van der Waals surface area contributed by atoms with E-state index in [9.17, 15) is 25.2 Å². The van der Waals surface area contributed by atoms with Crippen LogP contribution in [0.3, 0.4) is 0 Å². The number of ether oxygens (including phenoxy) is 1. The molecule has 6 heteroatoms. The Morgan fingerprint density at radius 2 is 1.52 bits per heavy atom. The molecule has 5 saturated carbocycles. The van der Waals surface area contributed by atoms with Crippen LogP contribution in [0.1, 0.15) is 112 Å². The maximum atomic E-state index is 13.1. The van der Waals surface area contributed by atoms with Gasteiger partial charge in [0.05, 0.1) is 12.7 Å². The molecule has 0 aromatic heterocycles. The van der Waals surface area contributed by atoms with Crippen molar-refractivity contribution in [3.05, 3.63) is 12.2 Å². The molecule has 6 fully saturated rings. The lowest BCUT2D eigenvalue weighted by molar-refractivity contribution is -0.253. The number of rotatable bonds is 4. The van der Waals surface area contributed by atoms with Crippen LogP contribution in [0.5, 0.6) is 0 Å². The second-order valence-corrected chi connectivity index (χ2v) is 17.3. The first-order chi connectivity index (χ1) is 19.6. The summed E-state index contributed by atoms with van der Waals surface area (Å²) in [6, 6.07) is 0. The zero-order chi connectivity index (χ0) is 30.6. The van der Waals surface area contributed by atoms with E-state index in [1.807, 2.05) is 0 Å². The van der Waals surface area contributed by atoms with Crippen LogP contribution in [0.2, 0.25) is 0 Å². The van der Waals surface area contributed by atoms with Gasteiger partial charge in [0.25, 0.3) is 0 Å². The first-order valence-corrected chi connectivity index (χ1v) is 17.1. The number of fused-ring (bicyclic) bond motifs is 7. The number of hydrogen-bond donors (Lipinski definition) is 4. The van der Waals surface area contributed by atoms with Crippen molar-refractivity contribution in [3.8, 4) is 0 Å². The highest BCUT2D eigenvalue weighted by Crippen LogP contribution is 2.77. The summed E-state index contributed by atoms with van der Waals surface area (Å²) in [6.45, 7) is 18.5. The van der Waals surface area contributed by atoms with Gasteiger partial charge < -0.3 is 25.2 Å². The zero-order valence-electron chi connectivity index (χ0n) is 27.1. The van der Waals surface area contributed by atoms with Gasteiger partial charge in [0, 0.05) is 11.8 Å². The SMILES string of the molecule is C=C(C)[C@@H]1CC[C@]2(C[C@@H]3OC(CO)[C@@H](O)[C@H](O)C3O)CC[C@]3(C)C(CCC4[C@@]5(C)CCC(=O)C(C)(C)C5CC[C@]43C)C12. The van der Waals surface area contributed by atoms with Crippen molar-refractivity contribution in [2.45, 2.75) is 143 Å². The topological polar surface area (TPSA) is 107 Å². The highest BCUT2D eigenvalue weighted by Gasteiger charge is 2.71. The van der Waals surface area contributed by atoms with Crippen LogP contribution in [-0.4, -0.2) is 63.3 Å². The molecule has 0 aromatic rings. The maximum absolute atomic E-state index is 13.1. The molecule has 14 atom stereocenters. The smallest absolute Gasteiger partial charge is 0.138 e. The van der Waals surface area contributed by atoms with Crippen LogP contribution < -0.4 is 0 Å². The molecule has 0 bridgehead atoms. The van der Waals surface area contributed by atoms with Gasteiger partial charge in [-0.2, -0.15) is 0 Å². The van der Waals surface area contributed by atoms with E-state index < -0.39 is 30.5 Å². The molecule has 42 heavy (non-hydrogen) atoms. The molecule has 6 rings (SSSR count).